The van der Waals surface area contributed by atoms with E-state index >= 15 is 0 Å². The fraction of sp³-hybridized carbons (Fsp3) is 0.438. The number of aromatic nitrogens is 1. The highest BCUT2D eigenvalue weighted by molar-refractivity contribution is 7.11. The van der Waals surface area contributed by atoms with Crippen molar-refractivity contribution in [1.29, 1.82) is 0 Å². The van der Waals surface area contributed by atoms with E-state index in [9.17, 15) is 5.11 Å². The summed E-state index contributed by atoms with van der Waals surface area (Å²) in [6.45, 7) is 4.75. The molecule has 106 valence electrons. The van der Waals surface area contributed by atoms with Gasteiger partial charge in [-0.15, -0.1) is 11.3 Å². The first-order chi connectivity index (χ1) is 9.67. The maximum atomic E-state index is 9.39. The minimum Gasteiger partial charge on any atom is -0.486 e. The van der Waals surface area contributed by atoms with Gasteiger partial charge in [-0.1, -0.05) is 6.07 Å². The second kappa shape index (κ2) is 5.54. The molecule has 3 nitrogen and oxygen atoms in total. The maximum Gasteiger partial charge on any atom is 0.140 e. The van der Waals surface area contributed by atoms with Crippen LogP contribution in [0.3, 0.4) is 0 Å². The number of nitrogens with zero attached hydrogens (tertiary/aromatic N) is 1. The van der Waals surface area contributed by atoms with Crippen LogP contribution in [0.4, 0.5) is 0 Å². The summed E-state index contributed by atoms with van der Waals surface area (Å²) >= 11 is 1.57. The molecular formula is C16H19NO2S. The van der Waals surface area contributed by atoms with Crippen LogP contribution in [0.2, 0.25) is 0 Å². The van der Waals surface area contributed by atoms with Gasteiger partial charge in [0.2, 0.25) is 0 Å². The van der Waals surface area contributed by atoms with Crippen LogP contribution >= 0.6 is 11.3 Å². The van der Waals surface area contributed by atoms with Gasteiger partial charge in [0.1, 0.15) is 17.4 Å². The molecule has 3 rings (SSSR count). The van der Waals surface area contributed by atoms with Crippen molar-refractivity contribution in [3.63, 3.8) is 0 Å². The quantitative estimate of drug-likeness (QED) is 0.912. The number of benzene rings is 1. The van der Waals surface area contributed by atoms with Crippen LogP contribution in [0.25, 0.3) is 0 Å². The Labute approximate surface area is 123 Å². The fourth-order valence-corrected chi connectivity index (χ4v) is 3.14. The summed E-state index contributed by atoms with van der Waals surface area (Å²) in [7, 11) is 0. The molecule has 0 aliphatic heterocycles. The Morgan fingerprint density at radius 2 is 2.10 bits per heavy atom. The van der Waals surface area contributed by atoms with E-state index in [4.69, 9.17) is 4.74 Å². The lowest BCUT2D eigenvalue weighted by Crippen LogP contribution is -1.96. The van der Waals surface area contributed by atoms with Crippen molar-refractivity contribution in [3.8, 4) is 5.75 Å². The van der Waals surface area contributed by atoms with E-state index in [1.165, 1.54) is 24.0 Å². The topological polar surface area (TPSA) is 42.4 Å². The molecule has 1 fully saturated rings. The van der Waals surface area contributed by atoms with E-state index in [1.54, 1.807) is 11.3 Å². The first-order valence-electron chi connectivity index (χ1n) is 6.96. The molecule has 1 aliphatic rings. The zero-order valence-electron chi connectivity index (χ0n) is 11.8. The predicted octanol–water partition coefficient (Wildman–Crippen LogP) is 3.71. The number of aliphatic hydroxyl groups excluding tert-OH is 1. The van der Waals surface area contributed by atoms with Gasteiger partial charge in [0, 0.05) is 5.92 Å². The zero-order chi connectivity index (χ0) is 14.1. The van der Waals surface area contributed by atoms with Gasteiger partial charge in [0.25, 0.3) is 0 Å². The van der Waals surface area contributed by atoms with Gasteiger partial charge in [0.05, 0.1) is 17.2 Å². The monoisotopic (exact) mass is 289 g/mol. The molecule has 0 radical (unpaired) electrons. The molecule has 4 heteroatoms. The van der Waals surface area contributed by atoms with E-state index in [0.29, 0.717) is 12.5 Å². The van der Waals surface area contributed by atoms with Gasteiger partial charge in [-0.2, -0.15) is 0 Å². The number of aliphatic hydroxyl groups is 1. The van der Waals surface area contributed by atoms with Crippen molar-refractivity contribution in [2.45, 2.75) is 45.8 Å². The highest BCUT2D eigenvalue weighted by Gasteiger charge is 2.29. The van der Waals surface area contributed by atoms with Crippen molar-refractivity contribution in [3.05, 3.63) is 44.9 Å². The van der Waals surface area contributed by atoms with Gasteiger partial charge in [-0.3, -0.25) is 0 Å². The van der Waals surface area contributed by atoms with E-state index in [0.717, 1.165) is 21.3 Å². The summed E-state index contributed by atoms with van der Waals surface area (Å²) in [5.41, 5.74) is 3.60. The second-order valence-electron chi connectivity index (χ2n) is 5.38. The van der Waals surface area contributed by atoms with Crippen molar-refractivity contribution in [2.75, 3.05) is 0 Å². The molecular weight excluding hydrogens is 270 g/mol. The third kappa shape index (κ3) is 2.86. The Kier molecular flexibility index (Phi) is 3.76. The summed E-state index contributed by atoms with van der Waals surface area (Å²) in [5.74, 6) is 1.45. The van der Waals surface area contributed by atoms with Crippen LogP contribution in [0.15, 0.2) is 18.2 Å². The molecule has 0 unspecified atom stereocenters. The first-order valence-corrected chi connectivity index (χ1v) is 7.78. The molecule has 1 N–H and O–H groups in total. The predicted molar refractivity (Wildman–Crippen MR) is 80.3 cm³/mol. The number of thiazole rings is 1. The van der Waals surface area contributed by atoms with Crippen molar-refractivity contribution in [2.24, 2.45) is 0 Å². The average Bonchev–Trinajstić information content (AvgIpc) is 3.20. The highest BCUT2D eigenvalue weighted by atomic mass is 32.1. The Hall–Kier alpha value is -1.39. The molecule has 0 atom stereocenters. The normalized spacial score (nSPS) is 14.6. The van der Waals surface area contributed by atoms with Crippen LogP contribution in [0.5, 0.6) is 5.75 Å². The van der Waals surface area contributed by atoms with Gasteiger partial charge in [-0.25, -0.2) is 4.98 Å². The Morgan fingerprint density at radius 1 is 1.30 bits per heavy atom. The van der Waals surface area contributed by atoms with Crippen molar-refractivity contribution >= 4 is 11.3 Å². The van der Waals surface area contributed by atoms with Crippen LogP contribution in [-0.4, -0.2) is 10.1 Å². The first kappa shape index (κ1) is 13.6. The molecule has 1 aliphatic carbocycles. The second-order valence-corrected chi connectivity index (χ2v) is 6.55. The molecule has 0 spiro atoms. The van der Waals surface area contributed by atoms with Crippen LogP contribution in [0.1, 0.15) is 45.5 Å². The van der Waals surface area contributed by atoms with E-state index < -0.39 is 0 Å². The van der Waals surface area contributed by atoms with Gasteiger partial charge in [0.15, 0.2) is 0 Å². The number of hydrogen-bond acceptors (Lipinski definition) is 4. The average molecular weight is 289 g/mol. The fourth-order valence-electron chi connectivity index (χ4n) is 2.21. The lowest BCUT2D eigenvalue weighted by Gasteiger charge is -2.06. The maximum absolute atomic E-state index is 9.39. The van der Waals surface area contributed by atoms with Crippen molar-refractivity contribution in [1.82, 2.24) is 4.98 Å². The third-order valence-electron chi connectivity index (χ3n) is 3.72. The lowest BCUT2D eigenvalue weighted by molar-refractivity contribution is 0.284. The SMILES string of the molecule is Cc1ccc(OCc2nc(C3CC3)c(CO)s2)cc1C. The summed E-state index contributed by atoms with van der Waals surface area (Å²) in [6.07, 6.45) is 2.41. The highest BCUT2D eigenvalue weighted by Crippen LogP contribution is 2.42. The third-order valence-corrected chi connectivity index (χ3v) is 4.75. The molecule has 20 heavy (non-hydrogen) atoms. The van der Waals surface area contributed by atoms with Gasteiger partial charge >= 0.3 is 0 Å². The molecule has 0 bridgehead atoms. The van der Waals surface area contributed by atoms with Gasteiger partial charge in [-0.05, 0) is 49.9 Å². The summed E-state index contributed by atoms with van der Waals surface area (Å²) in [6, 6.07) is 6.11. The largest absolute Gasteiger partial charge is 0.486 e. The van der Waals surface area contributed by atoms with E-state index in [2.05, 4.69) is 31.0 Å². The van der Waals surface area contributed by atoms with Gasteiger partial charge < -0.3 is 9.84 Å². The lowest BCUT2D eigenvalue weighted by atomic mass is 10.1. The van der Waals surface area contributed by atoms with Crippen LogP contribution in [-0.2, 0) is 13.2 Å². The Morgan fingerprint density at radius 3 is 2.75 bits per heavy atom. The Balaban J connectivity index is 1.70. The molecule has 1 heterocycles. The smallest absolute Gasteiger partial charge is 0.140 e. The number of rotatable bonds is 5. The minimum atomic E-state index is 0.0904. The number of aryl methyl sites for hydroxylation is 2. The molecule has 0 saturated heterocycles. The summed E-state index contributed by atoms with van der Waals surface area (Å²) < 4.78 is 5.81. The molecule has 2 aromatic rings. The molecule has 1 aromatic heterocycles. The Bertz CT molecular complexity index is 617. The molecule has 1 aromatic carbocycles. The van der Waals surface area contributed by atoms with E-state index in [-0.39, 0.29) is 6.61 Å². The minimum absolute atomic E-state index is 0.0904. The molecule has 0 amide bonds. The standard InChI is InChI=1S/C16H19NO2S/c1-10-3-6-13(7-11(10)2)19-9-15-17-16(12-4-5-12)14(8-18)20-15/h3,6-7,12,18H,4-5,8-9H2,1-2H3. The zero-order valence-corrected chi connectivity index (χ0v) is 12.7. The molecule has 1 saturated carbocycles. The van der Waals surface area contributed by atoms with Crippen LogP contribution in [0, 0.1) is 13.8 Å². The summed E-state index contributed by atoms with van der Waals surface area (Å²) in [5, 5.41) is 10.3. The van der Waals surface area contributed by atoms with Crippen LogP contribution < -0.4 is 4.74 Å². The van der Waals surface area contributed by atoms with Crippen molar-refractivity contribution < 1.29 is 9.84 Å². The number of hydrogen-bond donors (Lipinski definition) is 1. The summed E-state index contributed by atoms with van der Waals surface area (Å²) in [4.78, 5) is 5.64. The number of ether oxygens (including phenoxy) is 1. The van der Waals surface area contributed by atoms with E-state index in [1.807, 2.05) is 6.07 Å².